The van der Waals surface area contributed by atoms with Crippen molar-refractivity contribution in [1.29, 1.82) is 0 Å². The van der Waals surface area contributed by atoms with Gasteiger partial charge in [0.15, 0.2) is 0 Å². The molecule has 0 saturated carbocycles. The van der Waals surface area contributed by atoms with E-state index >= 15 is 0 Å². The maximum absolute atomic E-state index is 5.26. The van der Waals surface area contributed by atoms with E-state index in [9.17, 15) is 0 Å². The number of hydrogen-bond acceptors (Lipinski definition) is 3. The van der Waals surface area contributed by atoms with E-state index in [2.05, 4.69) is 30.7 Å². The van der Waals surface area contributed by atoms with Crippen LogP contribution in [0, 0.1) is 0 Å². The molecular formula is C10H20N2O. The van der Waals surface area contributed by atoms with Crippen LogP contribution in [0.3, 0.4) is 0 Å². The summed E-state index contributed by atoms with van der Waals surface area (Å²) in [6.45, 7) is 8.92. The van der Waals surface area contributed by atoms with Gasteiger partial charge in [-0.2, -0.15) is 0 Å². The first kappa shape index (κ1) is 9.44. The standard InChI is InChI=1S/C10H20N2O/c1-8-4-11(3)5-9(2)12(8)10-6-13-7-10/h8-10H,4-7H2,1-3H3/t8-,9+. The molecule has 0 N–H and O–H groups in total. The molecule has 0 bridgehead atoms. The molecule has 13 heavy (non-hydrogen) atoms. The Morgan fingerprint density at radius 2 is 1.62 bits per heavy atom. The third-order valence-corrected chi connectivity index (χ3v) is 3.21. The lowest BCUT2D eigenvalue weighted by atomic mass is 10.0. The van der Waals surface area contributed by atoms with Gasteiger partial charge < -0.3 is 9.64 Å². The maximum atomic E-state index is 5.26. The largest absolute Gasteiger partial charge is 0.378 e. The van der Waals surface area contributed by atoms with Crippen LogP contribution in [0.4, 0.5) is 0 Å². The summed E-state index contributed by atoms with van der Waals surface area (Å²) in [6.07, 6.45) is 0. The first-order valence-corrected chi connectivity index (χ1v) is 5.22. The lowest BCUT2D eigenvalue weighted by molar-refractivity contribution is -0.109. The zero-order valence-corrected chi connectivity index (χ0v) is 8.86. The van der Waals surface area contributed by atoms with Crippen molar-refractivity contribution in [3.63, 3.8) is 0 Å². The zero-order chi connectivity index (χ0) is 9.42. The van der Waals surface area contributed by atoms with E-state index < -0.39 is 0 Å². The van der Waals surface area contributed by atoms with E-state index in [-0.39, 0.29) is 0 Å². The Morgan fingerprint density at radius 3 is 2.00 bits per heavy atom. The second-order valence-corrected chi connectivity index (χ2v) is 4.56. The molecule has 2 fully saturated rings. The minimum absolute atomic E-state index is 0.683. The van der Waals surface area contributed by atoms with Crippen LogP contribution in [0.2, 0.25) is 0 Å². The summed E-state index contributed by atoms with van der Waals surface area (Å²) in [5, 5.41) is 0. The SMILES string of the molecule is C[C@@H]1CN(C)C[C@H](C)N1C1COC1. The number of ether oxygens (including phenoxy) is 1. The van der Waals surface area contributed by atoms with Crippen molar-refractivity contribution in [2.45, 2.75) is 32.0 Å². The molecule has 2 aliphatic rings. The Labute approximate surface area is 80.6 Å². The van der Waals surface area contributed by atoms with Crippen molar-refractivity contribution in [3.8, 4) is 0 Å². The zero-order valence-electron chi connectivity index (χ0n) is 8.86. The molecule has 0 unspecified atom stereocenters. The van der Waals surface area contributed by atoms with Crippen molar-refractivity contribution in [2.75, 3.05) is 33.4 Å². The molecule has 0 aromatic heterocycles. The minimum Gasteiger partial charge on any atom is -0.378 e. The third-order valence-electron chi connectivity index (χ3n) is 3.21. The summed E-state index contributed by atoms with van der Waals surface area (Å²) >= 11 is 0. The highest BCUT2D eigenvalue weighted by Crippen LogP contribution is 2.21. The van der Waals surface area contributed by atoms with Gasteiger partial charge in [-0.05, 0) is 20.9 Å². The second kappa shape index (κ2) is 3.56. The first-order valence-electron chi connectivity index (χ1n) is 5.22. The van der Waals surface area contributed by atoms with Crippen LogP contribution in [-0.2, 0) is 4.74 Å². The van der Waals surface area contributed by atoms with Gasteiger partial charge in [0.25, 0.3) is 0 Å². The van der Waals surface area contributed by atoms with E-state index in [0.29, 0.717) is 18.1 Å². The van der Waals surface area contributed by atoms with Crippen LogP contribution in [0.1, 0.15) is 13.8 Å². The number of piperazine rings is 1. The fraction of sp³-hybridized carbons (Fsp3) is 1.00. The van der Waals surface area contributed by atoms with Crippen LogP contribution >= 0.6 is 0 Å². The number of rotatable bonds is 1. The average Bonchev–Trinajstić information content (AvgIpc) is 1.92. The molecule has 2 heterocycles. The number of nitrogens with zero attached hydrogens (tertiary/aromatic N) is 2. The number of hydrogen-bond donors (Lipinski definition) is 0. The van der Waals surface area contributed by atoms with Crippen LogP contribution in [-0.4, -0.2) is 61.3 Å². The Hall–Kier alpha value is -0.120. The first-order chi connectivity index (χ1) is 6.18. The molecule has 0 aliphatic carbocycles. The number of likely N-dealkylation sites (N-methyl/N-ethyl adjacent to an activating group) is 1. The predicted molar refractivity (Wildman–Crippen MR) is 52.9 cm³/mol. The van der Waals surface area contributed by atoms with Crippen LogP contribution in [0.25, 0.3) is 0 Å². The fourth-order valence-electron chi connectivity index (χ4n) is 2.71. The van der Waals surface area contributed by atoms with Crippen molar-refractivity contribution in [2.24, 2.45) is 0 Å². The maximum Gasteiger partial charge on any atom is 0.0645 e. The van der Waals surface area contributed by atoms with Crippen molar-refractivity contribution in [3.05, 3.63) is 0 Å². The van der Waals surface area contributed by atoms with Crippen LogP contribution in [0.15, 0.2) is 0 Å². The Morgan fingerprint density at radius 1 is 1.08 bits per heavy atom. The molecule has 0 amide bonds. The topological polar surface area (TPSA) is 15.7 Å². The monoisotopic (exact) mass is 184 g/mol. The van der Waals surface area contributed by atoms with E-state index in [1.165, 1.54) is 13.1 Å². The van der Waals surface area contributed by atoms with Gasteiger partial charge in [-0.1, -0.05) is 0 Å². The summed E-state index contributed by atoms with van der Waals surface area (Å²) in [6, 6.07) is 2.06. The molecule has 0 radical (unpaired) electrons. The lowest BCUT2D eigenvalue weighted by Gasteiger charge is -2.49. The summed E-state index contributed by atoms with van der Waals surface area (Å²) < 4.78 is 5.26. The van der Waals surface area contributed by atoms with Crippen LogP contribution in [0.5, 0.6) is 0 Å². The van der Waals surface area contributed by atoms with Crippen molar-refractivity contribution in [1.82, 2.24) is 9.80 Å². The molecule has 3 nitrogen and oxygen atoms in total. The molecule has 76 valence electrons. The molecule has 2 rings (SSSR count). The van der Waals surface area contributed by atoms with Gasteiger partial charge in [-0.15, -0.1) is 0 Å². The van der Waals surface area contributed by atoms with Gasteiger partial charge >= 0.3 is 0 Å². The molecular weight excluding hydrogens is 164 g/mol. The highest BCUT2D eigenvalue weighted by molar-refractivity contribution is 4.90. The van der Waals surface area contributed by atoms with Gasteiger partial charge in [0.1, 0.15) is 0 Å². The quantitative estimate of drug-likeness (QED) is 0.587. The summed E-state index contributed by atoms with van der Waals surface area (Å²) in [5.74, 6) is 0. The Balaban J connectivity index is 1.99. The molecule has 2 aliphatic heterocycles. The van der Waals surface area contributed by atoms with Crippen molar-refractivity contribution >= 4 is 0 Å². The molecule has 0 aromatic rings. The predicted octanol–water partition coefficient (Wildman–Crippen LogP) is 0.410. The summed E-state index contributed by atoms with van der Waals surface area (Å²) in [7, 11) is 2.21. The van der Waals surface area contributed by atoms with Gasteiger partial charge in [0, 0.05) is 25.2 Å². The molecule has 3 heteroatoms. The summed E-state index contributed by atoms with van der Waals surface area (Å²) in [4.78, 5) is 5.05. The van der Waals surface area contributed by atoms with E-state index in [1.54, 1.807) is 0 Å². The minimum atomic E-state index is 0.683. The van der Waals surface area contributed by atoms with E-state index in [0.717, 1.165) is 13.2 Å². The van der Waals surface area contributed by atoms with E-state index in [1.807, 2.05) is 0 Å². The average molecular weight is 184 g/mol. The highest BCUT2D eigenvalue weighted by Gasteiger charge is 2.36. The summed E-state index contributed by atoms with van der Waals surface area (Å²) in [5.41, 5.74) is 0. The van der Waals surface area contributed by atoms with E-state index in [4.69, 9.17) is 4.74 Å². The normalized spacial score (nSPS) is 39.0. The second-order valence-electron chi connectivity index (χ2n) is 4.56. The highest BCUT2D eigenvalue weighted by atomic mass is 16.5. The molecule has 2 saturated heterocycles. The van der Waals surface area contributed by atoms with Gasteiger partial charge in [0.2, 0.25) is 0 Å². The van der Waals surface area contributed by atoms with Gasteiger partial charge in [-0.3, -0.25) is 4.90 Å². The van der Waals surface area contributed by atoms with Crippen molar-refractivity contribution < 1.29 is 4.74 Å². The third kappa shape index (κ3) is 1.73. The lowest BCUT2D eigenvalue weighted by Crippen LogP contribution is -2.63. The Bertz CT molecular complexity index is 170. The molecule has 0 spiro atoms. The van der Waals surface area contributed by atoms with Gasteiger partial charge in [0.05, 0.1) is 19.3 Å². The fourth-order valence-corrected chi connectivity index (χ4v) is 2.71. The van der Waals surface area contributed by atoms with Crippen LogP contribution < -0.4 is 0 Å². The Kier molecular flexibility index (Phi) is 2.58. The molecule has 2 atom stereocenters. The molecule has 0 aromatic carbocycles. The smallest absolute Gasteiger partial charge is 0.0645 e. The van der Waals surface area contributed by atoms with Gasteiger partial charge in [-0.25, -0.2) is 0 Å².